The molecule has 6 heteroatoms. The number of benzene rings is 2. The van der Waals surface area contributed by atoms with Gasteiger partial charge in [0.1, 0.15) is 11.6 Å². The summed E-state index contributed by atoms with van der Waals surface area (Å²) >= 11 is 0. The Kier molecular flexibility index (Phi) is 2.94. The highest BCUT2D eigenvalue weighted by Gasteiger charge is 2.17. The van der Waals surface area contributed by atoms with E-state index in [4.69, 9.17) is 4.42 Å². The molecule has 0 saturated carbocycles. The molecule has 1 heterocycles. The monoisotopic (exact) mass is 289 g/mol. The maximum Gasteiger partial charge on any atom is 0.417 e. The third-order valence-electron chi connectivity index (χ3n) is 3.18. The van der Waals surface area contributed by atoms with E-state index in [1.807, 2.05) is 0 Å². The molecule has 0 spiro atoms. The highest BCUT2D eigenvalue weighted by molar-refractivity contribution is 6.10. The number of hydrogen-bond donors (Lipinski definition) is 1. The summed E-state index contributed by atoms with van der Waals surface area (Å²) in [6.07, 6.45) is 0. The molecule has 0 radical (unpaired) electrons. The first-order chi connectivity index (χ1) is 9.95. The smallest absolute Gasteiger partial charge is 0.408 e. The van der Waals surface area contributed by atoms with Gasteiger partial charge in [0.2, 0.25) is 0 Å². The van der Waals surface area contributed by atoms with E-state index < -0.39 is 23.2 Å². The van der Waals surface area contributed by atoms with Gasteiger partial charge < -0.3 is 4.42 Å². The number of carbonyl (C=O) groups excluding carboxylic acids is 1. The zero-order chi connectivity index (χ0) is 15.1. The van der Waals surface area contributed by atoms with Crippen molar-refractivity contribution in [1.82, 2.24) is 4.98 Å². The summed E-state index contributed by atoms with van der Waals surface area (Å²) in [6.45, 7) is 1.44. The Labute approximate surface area is 117 Å². The lowest BCUT2D eigenvalue weighted by Crippen LogP contribution is -2.05. The summed E-state index contributed by atoms with van der Waals surface area (Å²) in [5, 5.41) is 0. The number of nitrogens with one attached hydrogen (secondary N) is 1. The van der Waals surface area contributed by atoms with Gasteiger partial charge in [-0.05, 0) is 36.8 Å². The van der Waals surface area contributed by atoms with Crippen molar-refractivity contribution in [3.8, 4) is 0 Å². The van der Waals surface area contributed by atoms with Crippen LogP contribution in [0.2, 0.25) is 0 Å². The standard InChI is InChI=1S/C15H9F2NO3/c1-7-4-9(11(17)6-10(7)16)14(19)8-2-3-12-13(5-8)21-15(20)18-12/h2-6H,1H3,(H,18,20). The maximum atomic E-state index is 13.7. The number of hydrogen-bond acceptors (Lipinski definition) is 3. The zero-order valence-electron chi connectivity index (χ0n) is 10.9. The number of ketones is 1. The van der Waals surface area contributed by atoms with Crippen molar-refractivity contribution in [2.24, 2.45) is 0 Å². The highest BCUT2D eigenvalue weighted by atomic mass is 19.1. The van der Waals surface area contributed by atoms with E-state index in [0.717, 1.165) is 6.07 Å². The first kappa shape index (κ1) is 13.2. The Morgan fingerprint density at radius 2 is 1.90 bits per heavy atom. The molecular weight excluding hydrogens is 280 g/mol. The van der Waals surface area contributed by atoms with E-state index >= 15 is 0 Å². The molecule has 0 aliphatic carbocycles. The number of halogens is 2. The Hall–Kier alpha value is -2.76. The minimum Gasteiger partial charge on any atom is -0.408 e. The number of aromatic nitrogens is 1. The van der Waals surface area contributed by atoms with Gasteiger partial charge in [0, 0.05) is 11.6 Å². The van der Waals surface area contributed by atoms with Crippen LogP contribution in [0.25, 0.3) is 11.1 Å². The summed E-state index contributed by atoms with van der Waals surface area (Å²) in [5.41, 5.74) is 0.729. The summed E-state index contributed by atoms with van der Waals surface area (Å²) < 4.78 is 31.8. The normalized spacial score (nSPS) is 11.0. The first-order valence-corrected chi connectivity index (χ1v) is 6.09. The maximum absolute atomic E-state index is 13.7. The average molecular weight is 289 g/mol. The van der Waals surface area contributed by atoms with Crippen LogP contribution in [0.1, 0.15) is 21.5 Å². The molecule has 1 aromatic heterocycles. The Morgan fingerprint density at radius 1 is 1.14 bits per heavy atom. The lowest BCUT2D eigenvalue weighted by Gasteiger charge is -2.05. The molecule has 0 aliphatic rings. The molecule has 106 valence electrons. The lowest BCUT2D eigenvalue weighted by molar-refractivity contribution is 0.103. The van der Waals surface area contributed by atoms with Crippen molar-refractivity contribution in [3.05, 3.63) is 69.2 Å². The second-order valence-electron chi connectivity index (χ2n) is 4.64. The Balaban J connectivity index is 2.11. The molecule has 0 aliphatic heterocycles. The number of aromatic amines is 1. The van der Waals surface area contributed by atoms with Crippen molar-refractivity contribution in [3.63, 3.8) is 0 Å². The molecule has 0 amide bonds. The Bertz CT molecular complexity index is 924. The van der Waals surface area contributed by atoms with Gasteiger partial charge in [0.15, 0.2) is 11.4 Å². The van der Waals surface area contributed by atoms with Crippen LogP contribution in [0.3, 0.4) is 0 Å². The van der Waals surface area contributed by atoms with Crippen LogP contribution in [0.15, 0.2) is 39.5 Å². The molecule has 0 fully saturated rings. The SMILES string of the molecule is Cc1cc(C(=O)c2ccc3[nH]c(=O)oc3c2)c(F)cc1F. The minimum absolute atomic E-state index is 0.148. The van der Waals surface area contributed by atoms with Crippen molar-refractivity contribution in [1.29, 1.82) is 0 Å². The van der Waals surface area contributed by atoms with E-state index in [0.29, 0.717) is 11.6 Å². The number of H-pyrrole nitrogens is 1. The summed E-state index contributed by atoms with van der Waals surface area (Å²) in [5.74, 6) is -2.89. The van der Waals surface area contributed by atoms with Gasteiger partial charge in [-0.2, -0.15) is 0 Å². The molecule has 0 bridgehead atoms. The van der Waals surface area contributed by atoms with Crippen molar-refractivity contribution in [2.45, 2.75) is 6.92 Å². The van der Waals surface area contributed by atoms with Gasteiger partial charge in [-0.3, -0.25) is 9.78 Å². The van der Waals surface area contributed by atoms with E-state index in [-0.39, 0.29) is 22.3 Å². The minimum atomic E-state index is -0.932. The number of oxazole rings is 1. The predicted octanol–water partition coefficient (Wildman–Crippen LogP) is 2.94. The number of fused-ring (bicyclic) bond motifs is 1. The molecular formula is C15H9F2NO3. The van der Waals surface area contributed by atoms with Crippen LogP contribution in [0, 0.1) is 18.6 Å². The predicted molar refractivity (Wildman–Crippen MR) is 71.4 cm³/mol. The molecule has 0 atom stereocenters. The van der Waals surface area contributed by atoms with Crippen molar-refractivity contribution < 1.29 is 18.0 Å². The van der Waals surface area contributed by atoms with Crippen LogP contribution in [-0.2, 0) is 0 Å². The first-order valence-electron chi connectivity index (χ1n) is 6.09. The number of carbonyl (C=O) groups is 1. The quantitative estimate of drug-likeness (QED) is 0.738. The topological polar surface area (TPSA) is 63.1 Å². The third-order valence-corrected chi connectivity index (χ3v) is 3.18. The third kappa shape index (κ3) is 2.24. The fourth-order valence-electron chi connectivity index (χ4n) is 2.07. The van der Waals surface area contributed by atoms with Gasteiger partial charge in [-0.1, -0.05) is 0 Å². The number of aryl methyl sites for hydroxylation is 1. The highest BCUT2D eigenvalue weighted by Crippen LogP contribution is 2.20. The molecule has 0 saturated heterocycles. The van der Waals surface area contributed by atoms with Crippen LogP contribution in [0.4, 0.5) is 8.78 Å². The van der Waals surface area contributed by atoms with E-state index in [1.54, 1.807) is 0 Å². The van der Waals surface area contributed by atoms with Gasteiger partial charge in [-0.25, -0.2) is 13.6 Å². The van der Waals surface area contributed by atoms with E-state index in [1.165, 1.54) is 25.1 Å². The van der Waals surface area contributed by atoms with Crippen LogP contribution >= 0.6 is 0 Å². The van der Waals surface area contributed by atoms with E-state index in [2.05, 4.69) is 4.98 Å². The summed E-state index contributed by atoms with van der Waals surface area (Å²) in [6, 6.07) is 6.10. The summed E-state index contributed by atoms with van der Waals surface area (Å²) in [4.78, 5) is 25.8. The van der Waals surface area contributed by atoms with Gasteiger partial charge in [0.25, 0.3) is 0 Å². The van der Waals surface area contributed by atoms with E-state index in [9.17, 15) is 18.4 Å². The van der Waals surface area contributed by atoms with Gasteiger partial charge >= 0.3 is 5.76 Å². The molecule has 21 heavy (non-hydrogen) atoms. The van der Waals surface area contributed by atoms with Gasteiger partial charge in [-0.15, -0.1) is 0 Å². The average Bonchev–Trinajstić information content (AvgIpc) is 2.81. The van der Waals surface area contributed by atoms with Crippen molar-refractivity contribution in [2.75, 3.05) is 0 Å². The second-order valence-corrected chi connectivity index (χ2v) is 4.64. The second kappa shape index (κ2) is 4.66. The van der Waals surface area contributed by atoms with Crippen LogP contribution in [0.5, 0.6) is 0 Å². The van der Waals surface area contributed by atoms with Crippen LogP contribution in [-0.4, -0.2) is 10.8 Å². The molecule has 0 unspecified atom stereocenters. The molecule has 3 rings (SSSR count). The molecule has 1 N–H and O–H groups in total. The van der Waals surface area contributed by atoms with Gasteiger partial charge in [0.05, 0.1) is 11.1 Å². The molecule has 3 aromatic rings. The largest absolute Gasteiger partial charge is 0.417 e. The Morgan fingerprint density at radius 3 is 2.67 bits per heavy atom. The molecule has 4 nitrogen and oxygen atoms in total. The number of rotatable bonds is 2. The zero-order valence-corrected chi connectivity index (χ0v) is 10.9. The fraction of sp³-hybridized carbons (Fsp3) is 0.0667. The van der Waals surface area contributed by atoms with Crippen molar-refractivity contribution >= 4 is 16.9 Å². The fourth-order valence-corrected chi connectivity index (χ4v) is 2.07. The van der Waals surface area contributed by atoms with Crippen LogP contribution < -0.4 is 5.76 Å². The molecule has 2 aromatic carbocycles. The lowest BCUT2D eigenvalue weighted by atomic mass is 10.0. The summed E-state index contributed by atoms with van der Waals surface area (Å²) in [7, 11) is 0.